The largest absolute Gasteiger partial charge is 0.493 e. The summed E-state index contributed by atoms with van der Waals surface area (Å²) in [6.45, 7) is 4.04. The summed E-state index contributed by atoms with van der Waals surface area (Å²) in [5, 5.41) is 5.85. The molecule has 0 heterocycles. The van der Waals surface area contributed by atoms with Crippen LogP contribution >= 0.6 is 12.2 Å². The summed E-state index contributed by atoms with van der Waals surface area (Å²) in [5.41, 5.74) is 3.46. The van der Waals surface area contributed by atoms with Gasteiger partial charge in [-0.05, 0) is 61.5 Å². The summed E-state index contributed by atoms with van der Waals surface area (Å²) >= 11 is 5.23. The molecule has 0 radical (unpaired) electrons. The van der Waals surface area contributed by atoms with Gasteiger partial charge in [0.05, 0.1) is 21.3 Å². The molecule has 2 N–H and O–H groups in total. The van der Waals surface area contributed by atoms with E-state index in [1.165, 1.54) is 26.9 Å². The van der Waals surface area contributed by atoms with Crippen LogP contribution in [0.1, 0.15) is 21.5 Å². The lowest BCUT2D eigenvalue weighted by molar-refractivity contribution is 0.0977. The topological polar surface area (TPSA) is 68.8 Å². The molecule has 7 heteroatoms. The zero-order valence-electron chi connectivity index (χ0n) is 15.4. The lowest BCUT2D eigenvalue weighted by Crippen LogP contribution is -2.34. The zero-order chi connectivity index (χ0) is 19.3. The molecule has 2 aromatic carbocycles. The molecule has 0 saturated heterocycles. The normalized spacial score (nSPS) is 10.0. The van der Waals surface area contributed by atoms with Gasteiger partial charge in [-0.1, -0.05) is 6.07 Å². The average Bonchev–Trinajstić information content (AvgIpc) is 2.63. The molecular weight excluding hydrogens is 352 g/mol. The number of hydrogen-bond donors (Lipinski definition) is 2. The van der Waals surface area contributed by atoms with E-state index in [0.29, 0.717) is 22.8 Å². The van der Waals surface area contributed by atoms with E-state index in [2.05, 4.69) is 10.6 Å². The molecule has 0 aliphatic carbocycles. The van der Waals surface area contributed by atoms with E-state index in [9.17, 15) is 4.79 Å². The third-order valence-corrected chi connectivity index (χ3v) is 4.12. The number of carbonyl (C=O) groups excluding carboxylic acids is 1. The minimum absolute atomic E-state index is 0.201. The summed E-state index contributed by atoms with van der Waals surface area (Å²) in [7, 11) is 4.48. The molecule has 0 bridgehead atoms. The Kier molecular flexibility index (Phi) is 6.41. The van der Waals surface area contributed by atoms with Crippen LogP contribution in [0.25, 0.3) is 0 Å². The number of benzene rings is 2. The number of hydrogen-bond acceptors (Lipinski definition) is 5. The Morgan fingerprint density at radius 1 is 0.923 bits per heavy atom. The fourth-order valence-electron chi connectivity index (χ4n) is 2.37. The summed E-state index contributed by atoms with van der Waals surface area (Å²) in [6, 6.07) is 8.99. The summed E-state index contributed by atoms with van der Waals surface area (Å²) in [4.78, 5) is 12.5. The molecule has 1 amide bonds. The molecule has 6 nitrogen and oxygen atoms in total. The number of amides is 1. The van der Waals surface area contributed by atoms with Crippen LogP contribution in [0.5, 0.6) is 17.2 Å². The van der Waals surface area contributed by atoms with Crippen molar-refractivity contribution < 1.29 is 19.0 Å². The van der Waals surface area contributed by atoms with Crippen molar-refractivity contribution in [3.05, 3.63) is 47.0 Å². The minimum Gasteiger partial charge on any atom is -0.493 e. The second kappa shape index (κ2) is 8.53. The predicted molar refractivity (Wildman–Crippen MR) is 106 cm³/mol. The smallest absolute Gasteiger partial charge is 0.257 e. The summed E-state index contributed by atoms with van der Waals surface area (Å²) in [5.74, 6) is 0.822. The van der Waals surface area contributed by atoms with Gasteiger partial charge in [-0.2, -0.15) is 0 Å². The highest BCUT2D eigenvalue weighted by Gasteiger charge is 2.17. The van der Waals surface area contributed by atoms with Gasteiger partial charge in [0, 0.05) is 11.3 Å². The summed E-state index contributed by atoms with van der Waals surface area (Å²) in [6.07, 6.45) is 0. The molecule has 0 unspecified atom stereocenters. The first-order valence-electron chi connectivity index (χ1n) is 7.89. The van der Waals surface area contributed by atoms with Crippen molar-refractivity contribution in [2.24, 2.45) is 0 Å². The number of aryl methyl sites for hydroxylation is 2. The van der Waals surface area contributed by atoms with Crippen molar-refractivity contribution in [3.63, 3.8) is 0 Å². The van der Waals surface area contributed by atoms with E-state index in [1.54, 1.807) is 12.1 Å². The molecule has 0 fully saturated rings. The Balaban J connectivity index is 2.15. The quantitative estimate of drug-likeness (QED) is 0.781. The van der Waals surface area contributed by atoms with Crippen molar-refractivity contribution in [2.45, 2.75) is 13.8 Å². The van der Waals surface area contributed by atoms with Crippen LogP contribution in [0, 0.1) is 13.8 Å². The van der Waals surface area contributed by atoms with Crippen molar-refractivity contribution in [2.75, 3.05) is 26.6 Å². The monoisotopic (exact) mass is 374 g/mol. The Labute approximate surface area is 158 Å². The number of nitrogens with one attached hydrogen (secondary N) is 2. The van der Waals surface area contributed by atoms with Crippen LogP contribution < -0.4 is 24.8 Å². The fraction of sp³-hybridized carbons (Fsp3) is 0.263. The number of carbonyl (C=O) groups is 1. The molecule has 26 heavy (non-hydrogen) atoms. The predicted octanol–water partition coefficient (Wildman–Crippen LogP) is 3.46. The molecule has 2 aromatic rings. The lowest BCUT2D eigenvalue weighted by atomic mass is 10.1. The molecular formula is C19H22N2O4S. The molecule has 0 atom stereocenters. The first kappa shape index (κ1) is 19.5. The standard InChI is InChI=1S/C19H22N2O4S/c1-11-6-7-14(8-12(11)2)20-19(26)21-18(22)13-9-15(23-3)17(25-5)16(10-13)24-4/h6-10H,1-5H3,(H2,20,21,22,26). The van der Waals surface area contributed by atoms with Gasteiger partial charge in [0.15, 0.2) is 16.6 Å². The highest BCUT2D eigenvalue weighted by atomic mass is 32.1. The molecule has 0 spiro atoms. The maximum Gasteiger partial charge on any atom is 0.257 e. The second-order valence-corrected chi connectivity index (χ2v) is 6.03. The van der Waals surface area contributed by atoms with E-state index in [-0.39, 0.29) is 11.0 Å². The molecule has 0 aliphatic heterocycles. The maximum absolute atomic E-state index is 12.5. The maximum atomic E-state index is 12.5. The SMILES string of the molecule is COc1cc(C(=O)NC(=S)Nc2ccc(C)c(C)c2)cc(OC)c1OC. The number of ether oxygens (including phenoxy) is 3. The van der Waals surface area contributed by atoms with E-state index in [1.807, 2.05) is 32.0 Å². The number of methoxy groups -OCH3 is 3. The first-order chi connectivity index (χ1) is 12.4. The van der Waals surface area contributed by atoms with Crippen molar-refractivity contribution in [1.29, 1.82) is 0 Å². The highest BCUT2D eigenvalue weighted by molar-refractivity contribution is 7.80. The van der Waals surface area contributed by atoms with Crippen LogP contribution in [-0.2, 0) is 0 Å². The highest BCUT2D eigenvalue weighted by Crippen LogP contribution is 2.38. The van der Waals surface area contributed by atoms with Crippen molar-refractivity contribution in [3.8, 4) is 17.2 Å². The van der Waals surface area contributed by atoms with Gasteiger partial charge >= 0.3 is 0 Å². The van der Waals surface area contributed by atoms with Gasteiger partial charge < -0.3 is 19.5 Å². The van der Waals surface area contributed by atoms with E-state index in [0.717, 1.165) is 11.3 Å². The number of thiocarbonyl (C=S) groups is 1. The number of rotatable bonds is 5. The Bertz CT molecular complexity index is 811. The molecule has 0 aromatic heterocycles. The van der Waals surface area contributed by atoms with E-state index >= 15 is 0 Å². The van der Waals surface area contributed by atoms with Crippen LogP contribution in [0.15, 0.2) is 30.3 Å². The average molecular weight is 374 g/mol. The van der Waals surface area contributed by atoms with Gasteiger partial charge in [0.25, 0.3) is 5.91 Å². The molecule has 138 valence electrons. The van der Waals surface area contributed by atoms with Gasteiger partial charge in [0.2, 0.25) is 5.75 Å². The van der Waals surface area contributed by atoms with Gasteiger partial charge in [-0.25, -0.2) is 0 Å². The van der Waals surface area contributed by atoms with Crippen LogP contribution in [0.3, 0.4) is 0 Å². The van der Waals surface area contributed by atoms with Crippen LogP contribution in [0.4, 0.5) is 5.69 Å². The third-order valence-electron chi connectivity index (χ3n) is 3.92. The molecule has 2 rings (SSSR count). The zero-order valence-corrected chi connectivity index (χ0v) is 16.2. The third kappa shape index (κ3) is 4.43. The lowest BCUT2D eigenvalue weighted by Gasteiger charge is -2.15. The Morgan fingerprint density at radius 2 is 1.54 bits per heavy atom. The van der Waals surface area contributed by atoms with Gasteiger partial charge in [0.1, 0.15) is 0 Å². The van der Waals surface area contributed by atoms with Crippen LogP contribution in [-0.4, -0.2) is 32.3 Å². The van der Waals surface area contributed by atoms with Gasteiger partial charge in [-0.3, -0.25) is 10.1 Å². The van der Waals surface area contributed by atoms with Crippen molar-refractivity contribution in [1.82, 2.24) is 5.32 Å². The van der Waals surface area contributed by atoms with E-state index in [4.69, 9.17) is 26.4 Å². The Hall–Kier alpha value is -2.80. The molecule has 0 saturated carbocycles. The van der Waals surface area contributed by atoms with Crippen molar-refractivity contribution >= 4 is 28.9 Å². The number of anilines is 1. The summed E-state index contributed by atoms with van der Waals surface area (Å²) < 4.78 is 15.8. The van der Waals surface area contributed by atoms with Gasteiger partial charge in [-0.15, -0.1) is 0 Å². The fourth-order valence-corrected chi connectivity index (χ4v) is 2.58. The van der Waals surface area contributed by atoms with E-state index < -0.39 is 0 Å². The first-order valence-corrected chi connectivity index (χ1v) is 8.30. The Morgan fingerprint density at radius 3 is 2.04 bits per heavy atom. The van der Waals surface area contributed by atoms with Crippen LogP contribution in [0.2, 0.25) is 0 Å². The molecule has 0 aliphatic rings. The second-order valence-electron chi connectivity index (χ2n) is 5.62. The minimum atomic E-state index is -0.384.